The van der Waals surface area contributed by atoms with Crippen LogP contribution in [0, 0.1) is 12.3 Å². The summed E-state index contributed by atoms with van der Waals surface area (Å²) in [5, 5.41) is 16.9. The molecule has 258 valence electrons. The first kappa shape index (κ1) is 33.7. The number of aliphatic carboxylic acids is 1. The largest absolute Gasteiger partial charge is 0.480 e. The minimum Gasteiger partial charge on any atom is -0.480 e. The molecule has 2 aromatic carbocycles. The number of anilines is 2. The highest BCUT2D eigenvalue weighted by Crippen LogP contribution is 2.43. The summed E-state index contributed by atoms with van der Waals surface area (Å²) in [6.45, 7) is 5.15. The van der Waals surface area contributed by atoms with Crippen LogP contribution in [0.5, 0.6) is 5.88 Å². The monoisotopic (exact) mass is 679 g/mol. The summed E-state index contributed by atoms with van der Waals surface area (Å²) in [5.41, 5.74) is 7.45. The Bertz CT molecular complexity index is 1860. The molecule has 2 aromatic heterocycles. The summed E-state index contributed by atoms with van der Waals surface area (Å²) in [7, 11) is 0. The van der Waals surface area contributed by atoms with Crippen molar-refractivity contribution in [1.29, 1.82) is 0 Å². The maximum atomic E-state index is 14.9. The van der Waals surface area contributed by atoms with Crippen molar-refractivity contribution in [3.8, 4) is 22.7 Å². The molecule has 0 aliphatic carbocycles. The van der Waals surface area contributed by atoms with Gasteiger partial charge in [0.25, 0.3) is 0 Å². The highest BCUT2D eigenvalue weighted by Gasteiger charge is 2.46. The predicted molar refractivity (Wildman–Crippen MR) is 173 cm³/mol. The van der Waals surface area contributed by atoms with Crippen molar-refractivity contribution >= 4 is 23.7 Å². The number of aryl methyl sites for hydroxylation is 1. The minimum atomic E-state index is -4.89. The molecule has 4 N–H and O–H groups in total. The van der Waals surface area contributed by atoms with Crippen LogP contribution in [0.2, 0.25) is 0 Å². The number of hydrogen-bond acceptors (Lipinski definition) is 10. The molecule has 2 unspecified atom stereocenters. The van der Waals surface area contributed by atoms with E-state index in [-0.39, 0.29) is 40.7 Å². The van der Waals surface area contributed by atoms with Crippen LogP contribution in [-0.4, -0.2) is 75.3 Å². The lowest BCUT2D eigenvalue weighted by atomic mass is 9.76. The second kappa shape index (κ2) is 13.4. The molecule has 49 heavy (non-hydrogen) atoms. The highest BCUT2D eigenvalue weighted by atomic mass is 19.4. The number of nitrogen functional groups attached to an aromatic ring is 1. The van der Waals surface area contributed by atoms with Crippen LogP contribution in [0.1, 0.15) is 53.9 Å². The van der Waals surface area contributed by atoms with Crippen LogP contribution < -0.4 is 20.7 Å². The third-order valence-electron chi connectivity index (χ3n) is 9.06. The van der Waals surface area contributed by atoms with Gasteiger partial charge in [-0.25, -0.2) is 9.48 Å². The first-order valence-electron chi connectivity index (χ1n) is 15.9. The smallest absolute Gasteiger partial charge is 0.429 e. The van der Waals surface area contributed by atoms with Gasteiger partial charge in [0.05, 0.1) is 23.6 Å². The standard InChI is InChI=1S/C34H36F3N7O5/c1-3-48-31(47)23-7-5-4-6-22(23)21-8-9-24(26(16-21)44-13-10-20(2)42-44)29(34(35,36)37)49-28-17-27(40-32(38)41-28)43-14-11-33(12-15-43)18-25(30(45)46)39-19-33/h4-10,13,16-17,25,29,39H,3,11-12,14-15,18-19H2,1-2H3,(H,45,46)(H2,38,40,41). The number of carbonyl (C=O) groups is 2. The number of carbonyl (C=O) groups excluding carboxylic acids is 1. The van der Waals surface area contributed by atoms with Gasteiger partial charge in [-0.15, -0.1) is 0 Å². The highest BCUT2D eigenvalue weighted by molar-refractivity contribution is 5.97. The fourth-order valence-corrected chi connectivity index (χ4v) is 6.56. The molecule has 6 rings (SSSR count). The van der Waals surface area contributed by atoms with Crippen molar-refractivity contribution in [3.05, 3.63) is 77.6 Å². The quantitative estimate of drug-likeness (QED) is 0.202. The summed E-state index contributed by atoms with van der Waals surface area (Å²) in [6, 6.07) is 13.4. The summed E-state index contributed by atoms with van der Waals surface area (Å²) >= 11 is 0. The van der Waals surface area contributed by atoms with E-state index in [2.05, 4.69) is 20.4 Å². The van der Waals surface area contributed by atoms with E-state index in [1.165, 1.54) is 28.9 Å². The maximum absolute atomic E-state index is 14.9. The van der Waals surface area contributed by atoms with Crippen molar-refractivity contribution in [2.45, 2.75) is 51.4 Å². The van der Waals surface area contributed by atoms with Gasteiger partial charge >= 0.3 is 18.1 Å². The fourth-order valence-electron chi connectivity index (χ4n) is 6.56. The molecule has 1 spiro atoms. The Morgan fingerprint density at radius 2 is 1.88 bits per heavy atom. The van der Waals surface area contributed by atoms with E-state index in [9.17, 15) is 27.9 Å². The van der Waals surface area contributed by atoms with Crippen LogP contribution in [0.4, 0.5) is 24.9 Å². The number of hydrogen-bond donors (Lipinski definition) is 3. The summed E-state index contributed by atoms with van der Waals surface area (Å²) in [4.78, 5) is 34.4. The number of nitrogens with two attached hydrogens (primary N) is 1. The number of carboxylic acids is 1. The van der Waals surface area contributed by atoms with Gasteiger partial charge in [0.1, 0.15) is 11.9 Å². The topological polar surface area (TPSA) is 158 Å². The van der Waals surface area contributed by atoms with Crippen molar-refractivity contribution in [2.24, 2.45) is 5.41 Å². The number of rotatable bonds is 9. The normalized spacial score (nSPS) is 18.0. The number of alkyl halides is 3. The zero-order valence-electron chi connectivity index (χ0n) is 26.9. The van der Waals surface area contributed by atoms with Crippen LogP contribution >= 0.6 is 0 Å². The Kier molecular flexibility index (Phi) is 9.20. The lowest BCUT2D eigenvalue weighted by Crippen LogP contribution is -2.41. The SMILES string of the molecule is CCOC(=O)c1ccccc1-c1ccc(C(Oc2cc(N3CCC4(CC3)CNC(C(=O)O)C4)nc(N)n2)C(F)(F)F)c(-n2ccc(C)n2)c1. The first-order valence-corrected chi connectivity index (χ1v) is 15.9. The van der Waals surface area contributed by atoms with Gasteiger partial charge < -0.3 is 30.5 Å². The molecular formula is C34H36F3N7O5. The van der Waals surface area contributed by atoms with E-state index >= 15 is 0 Å². The van der Waals surface area contributed by atoms with Gasteiger partial charge in [0, 0.05) is 37.5 Å². The molecule has 2 aliphatic rings. The second-order valence-electron chi connectivity index (χ2n) is 12.4. The second-order valence-corrected chi connectivity index (χ2v) is 12.4. The van der Waals surface area contributed by atoms with Crippen LogP contribution in [0.25, 0.3) is 16.8 Å². The van der Waals surface area contributed by atoms with E-state index < -0.39 is 30.3 Å². The number of nitrogens with one attached hydrogen (secondary N) is 1. The van der Waals surface area contributed by atoms with Crippen LogP contribution in [0.15, 0.2) is 60.8 Å². The average molecular weight is 680 g/mol. The van der Waals surface area contributed by atoms with Gasteiger partial charge in [-0.1, -0.05) is 30.3 Å². The van der Waals surface area contributed by atoms with Crippen molar-refractivity contribution in [3.63, 3.8) is 0 Å². The lowest BCUT2D eigenvalue weighted by Gasteiger charge is -2.39. The molecule has 0 radical (unpaired) electrons. The Morgan fingerprint density at radius 1 is 1.12 bits per heavy atom. The summed E-state index contributed by atoms with van der Waals surface area (Å²) in [6.07, 6.45) is -3.97. The first-order chi connectivity index (χ1) is 23.4. The van der Waals surface area contributed by atoms with Crippen molar-refractivity contribution in [1.82, 2.24) is 25.1 Å². The van der Waals surface area contributed by atoms with E-state index in [1.807, 2.05) is 4.90 Å². The number of carboxylic acid groups (broad SMARTS) is 1. The maximum Gasteiger partial charge on any atom is 0.429 e. The van der Waals surface area contributed by atoms with Crippen molar-refractivity contribution in [2.75, 3.05) is 36.9 Å². The van der Waals surface area contributed by atoms with Gasteiger partial charge in [0.2, 0.25) is 17.9 Å². The molecule has 12 nitrogen and oxygen atoms in total. The van der Waals surface area contributed by atoms with E-state index in [0.29, 0.717) is 61.5 Å². The third-order valence-corrected chi connectivity index (χ3v) is 9.06. The number of benzene rings is 2. The lowest BCUT2D eigenvalue weighted by molar-refractivity contribution is -0.198. The Hall–Kier alpha value is -5.18. The molecule has 2 aliphatic heterocycles. The molecule has 15 heteroatoms. The molecule has 0 bridgehead atoms. The van der Waals surface area contributed by atoms with E-state index in [0.717, 1.165) is 0 Å². The number of ether oxygens (including phenoxy) is 2. The van der Waals surface area contributed by atoms with Gasteiger partial charge in [-0.3, -0.25) is 4.79 Å². The predicted octanol–water partition coefficient (Wildman–Crippen LogP) is 5.11. The zero-order chi connectivity index (χ0) is 34.9. The Labute approximate surface area is 280 Å². The molecule has 2 saturated heterocycles. The third kappa shape index (κ3) is 7.16. The van der Waals surface area contributed by atoms with Crippen LogP contribution in [-0.2, 0) is 9.53 Å². The molecule has 2 fully saturated rings. The number of aromatic nitrogens is 4. The number of piperidine rings is 1. The van der Waals surface area contributed by atoms with Gasteiger partial charge in [-0.2, -0.15) is 28.2 Å². The summed E-state index contributed by atoms with van der Waals surface area (Å²) in [5.74, 6) is -1.74. The number of esters is 1. The molecule has 0 amide bonds. The van der Waals surface area contributed by atoms with E-state index in [1.54, 1.807) is 50.4 Å². The Balaban J connectivity index is 1.33. The van der Waals surface area contributed by atoms with Crippen molar-refractivity contribution < 1.29 is 37.3 Å². The number of halogens is 3. The molecule has 2 atom stereocenters. The molecular weight excluding hydrogens is 643 g/mol. The zero-order valence-corrected chi connectivity index (χ0v) is 26.9. The molecule has 0 saturated carbocycles. The average Bonchev–Trinajstić information content (AvgIpc) is 3.69. The number of nitrogens with zero attached hydrogens (tertiary/aromatic N) is 5. The van der Waals surface area contributed by atoms with Gasteiger partial charge in [0.15, 0.2) is 0 Å². The van der Waals surface area contributed by atoms with Gasteiger partial charge in [-0.05, 0) is 67.9 Å². The van der Waals surface area contributed by atoms with E-state index in [4.69, 9.17) is 15.2 Å². The Morgan fingerprint density at radius 3 is 2.53 bits per heavy atom. The fraction of sp³-hybridized carbons (Fsp3) is 0.382. The van der Waals surface area contributed by atoms with Crippen LogP contribution in [0.3, 0.4) is 0 Å². The molecule has 4 heterocycles. The summed E-state index contributed by atoms with van der Waals surface area (Å²) < 4.78 is 57.0. The molecule has 4 aromatic rings. The minimum absolute atomic E-state index is 0.0833.